The number of benzene rings is 1. The average molecular weight is 322 g/mol. The molecule has 0 radical (unpaired) electrons. The van der Waals surface area contributed by atoms with Crippen LogP contribution in [-0.2, 0) is 21.4 Å². The molecule has 1 aromatic rings. The van der Waals surface area contributed by atoms with Crippen molar-refractivity contribution >= 4 is 28.3 Å². The van der Waals surface area contributed by atoms with Crippen molar-refractivity contribution in [1.82, 2.24) is 5.32 Å². The van der Waals surface area contributed by atoms with E-state index in [9.17, 15) is 13.2 Å². The van der Waals surface area contributed by atoms with E-state index in [1.165, 1.54) is 12.1 Å². The SMILES string of the molecule is CCCC(N)C(=O)NCc1cccc(S(N)(=O)=O)c1.Cl. The van der Waals surface area contributed by atoms with Crippen LogP contribution in [0, 0.1) is 0 Å². The van der Waals surface area contributed by atoms with Gasteiger partial charge in [0.2, 0.25) is 15.9 Å². The van der Waals surface area contributed by atoms with E-state index in [1.807, 2.05) is 6.92 Å². The zero-order valence-electron chi connectivity index (χ0n) is 11.2. The summed E-state index contributed by atoms with van der Waals surface area (Å²) in [6.07, 6.45) is 1.44. The highest BCUT2D eigenvalue weighted by Crippen LogP contribution is 2.09. The molecule has 0 aliphatic heterocycles. The summed E-state index contributed by atoms with van der Waals surface area (Å²) in [5, 5.41) is 7.70. The molecule has 1 atom stereocenters. The number of amides is 1. The van der Waals surface area contributed by atoms with Gasteiger partial charge in [0.15, 0.2) is 0 Å². The van der Waals surface area contributed by atoms with Crippen molar-refractivity contribution < 1.29 is 13.2 Å². The monoisotopic (exact) mass is 321 g/mol. The van der Waals surface area contributed by atoms with Crippen LogP contribution in [0.4, 0.5) is 0 Å². The fraction of sp³-hybridized carbons (Fsp3) is 0.417. The molecular weight excluding hydrogens is 302 g/mol. The Hall–Kier alpha value is -1.15. The predicted molar refractivity (Wildman–Crippen MR) is 79.8 cm³/mol. The van der Waals surface area contributed by atoms with Gasteiger partial charge in [0.05, 0.1) is 10.9 Å². The number of carbonyl (C=O) groups excluding carboxylic acids is 1. The van der Waals surface area contributed by atoms with Crippen LogP contribution in [0.3, 0.4) is 0 Å². The molecule has 114 valence electrons. The van der Waals surface area contributed by atoms with Crippen molar-refractivity contribution in [1.29, 1.82) is 0 Å². The Kier molecular flexibility index (Phi) is 7.74. The van der Waals surface area contributed by atoms with Crippen molar-refractivity contribution in [2.75, 3.05) is 0 Å². The molecule has 0 heterocycles. The average Bonchev–Trinajstić information content (AvgIpc) is 2.35. The number of primary sulfonamides is 1. The number of carbonyl (C=O) groups is 1. The summed E-state index contributed by atoms with van der Waals surface area (Å²) in [6.45, 7) is 2.17. The van der Waals surface area contributed by atoms with Gasteiger partial charge in [-0.25, -0.2) is 13.6 Å². The third-order valence-electron chi connectivity index (χ3n) is 2.63. The molecule has 0 aliphatic rings. The first-order valence-corrected chi connectivity index (χ1v) is 7.54. The first kappa shape index (κ1) is 18.9. The van der Waals surface area contributed by atoms with Crippen LogP contribution in [0.25, 0.3) is 0 Å². The molecule has 0 saturated carbocycles. The Labute approximate surface area is 125 Å². The van der Waals surface area contributed by atoms with Crippen LogP contribution in [0.15, 0.2) is 29.2 Å². The van der Waals surface area contributed by atoms with Gasteiger partial charge in [-0.15, -0.1) is 12.4 Å². The number of sulfonamides is 1. The van der Waals surface area contributed by atoms with Crippen LogP contribution < -0.4 is 16.2 Å². The smallest absolute Gasteiger partial charge is 0.238 e. The molecule has 0 spiro atoms. The zero-order chi connectivity index (χ0) is 14.5. The predicted octanol–water partition coefficient (Wildman–Crippen LogP) is 0.499. The lowest BCUT2D eigenvalue weighted by molar-refractivity contribution is -0.122. The molecule has 8 heteroatoms. The molecule has 1 rings (SSSR count). The first-order valence-electron chi connectivity index (χ1n) is 5.99. The molecule has 0 fully saturated rings. The number of hydrogen-bond acceptors (Lipinski definition) is 4. The van der Waals surface area contributed by atoms with E-state index < -0.39 is 16.1 Å². The molecule has 0 saturated heterocycles. The normalized spacial score (nSPS) is 12.3. The van der Waals surface area contributed by atoms with Crippen LogP contribution in [0.5, 0.6) is 0 Å². The summed E-state index contributed by atoms with van der Waals surface area (Å²) in [4.78, 5) is 11.6. The number of nitrogens with two attached hydrogens (primary N) is 2. The molecule has 6 nitrogen and oxygen atoms in total. The maximum Gasteiger partial charge on any atom is 0.238 e. The summed E-state index contributed by atoms with van der Waals surface area (Å²) in [6, 6.07) is 5.59. The number of halogens is 1. The highest BCUT2D eigenvalue weighted by atomic mass is 35.5. The molecule has 0 aliphatic carbocycles. The lowest BCUT2D eigenvalue weighted by atomic mass is 10.1. The number of rotatable bonds is 6. The van der Waals surface area contributed by atoms with Crippen molar-refractivity contribution in [2.24, 2.45) is 10.9 Å². The second-order valence-corrected chi connectivity index (χ2v) is 5.87. The molecule has 0 aromatic heterocycles. The zero-order valence-corrected chi connectivity index (χ0v) is 12.8. The van der Waals surface area contributed by atoms with Gasteiger partial charge in [0.25, 0.3) is 0 Å². The fourth-order valence-corrected chi connectivity index (χ4v) is 2.18. The van der Waals surface area contributed by atoms with Crippen molar-refractivity contribution in [3.63, 3.8) is 0 Å². The highest BCUT2D eigenvalue weighted by molar-refractivity contribution is 7.89. The van der Waals surface area contributed by atoms with Crippen molar-refractivity contribution in [3.8, 4) is 0 Å². The minimum atomic E-state index is -3.73. The minimum absolute atomic E-state index is 0. The summed E-state index contributed by atoms with van der Waals surface area (Å²) < 4.78 is 22.4. The number of nitrogens with one attached hydrogen (secondary N) is 1. The third kappa shape index (κ3) is 5.87. The van der Waals surface area contributed by atoms with E-state index >= 15 is 0 Å². The van der Waals surface area contributed by atoms with Gasteiger partial charge in [-0.3, -0.25) is 4.79 Å². The van der Waals surface area contributed by atoms with Crippen LogP contribution in [-0.4, -0.2) is 20.4 Å². The summed E-state index contributed by atoms with van der Waals surface area (Å²) >= 11 is 0. The quantitative estimate of drug-likeness (QED) is 0.707. The molecule has 1 aromatic carbocycles. The Morgan fingerprint density at radius 2 is 2.05 bits per heavy atom. The lowest BCUT2D eigenvalue weighted by Gasteiger charge is -2.11. The van der Waals surface area contributed by atoms with Gasteiger partial charge in [-0.05, 0) is 24.1 Å². The van der Waals surface area contributed by atoms with E-state index in [4.69, 9.17) is 10.9 Å². The van der Waals surface area contributed by atoms with Gasteiger partial charge in [-0.1, -0.05) is 25.5 Å². The number of hydrogen-bond donors (Lipinski definition) is 3. The summed E-state index contributed by atoms with van der Waals surface area (Å²) in [5.74, 6) is -0.247. The van der Waals surface area contributed by atoms with Crippen molar-refractivity contribution in [2.45, 2.75) is 37.2 Å². The van der Waals surface area contributed by atoms with E-state index in [1.54, 1.807) is 12.1 Å². The van der Waals surface area contributed by atoms with Gasteiger partial charge in [-0.2, -0.15) is 0 Å². The maximum atomic E-state index is 11.6. The minimum Gasteiger partial charge on any atom is -0.351 e. The van der Waals surface area contributed by atoms with Gasteiger partial charge in [0, 0.05) is 6.54 Å². The van der Waals surface area contributed by atoms with Crippen LogP contribution in [0.1, 0.15) is 25.3 Å². The Balaban J connectivity index is 0.00000361. The van der Waals surface area contributed by atoms with Crippen LogP contribution >= 0.6 is 12.4 Å². The van der Waals surface area contributed by atoms with E-state index in [0.717, 1.165) is 6.42 Å². The third-order valence-corrected chi connectivity index (χ3v) is 3.54. The second kappa shape index (κ2) is 8.21. The molecule has 20 heavy (non-hydrogen) atoms. The molecule has 0 bridgehead atoms. The Morgan fingerprint density at radius 3 is 2.60 bits per heavy atom. The van der Waals surface area contributed by atoms with Gasteiger partial charge < -0.3 is 11.1 Å². The standard InChI is InChI=1S/C12H19N3O3S.ClH/c1-2-4-11(13)12(16)15-8-9-5-3-6-10(7-9)19(14,17)18;/h3,5-7,11H,2,4,8,13H2,1H3,(H,15,16)(H2,14,17,18);1H. The second-order valence-electron chi connectivity index (χ2n) is 4.31. The van der Waals surface area contributed by atoms with E-state index in [-0.39, 0.29) is 29.8 Å². The summed E-state index contributed by atoms with van der Waals surface area (Å²) in [7, 11) is -3.73. The van der Waals surface area contributed by atoms with Crippen LogP contribution in [0.2, 0.25) is 0 Å². The highest BCUT2D eigenvalue weighted by Gasteiger charge is 2.12. The first-order chi connectivity index (χ1) is 8.84. The molecule has 1 amide bonds. The topological polar surface area (TPSA) is 115 Å². The lowest BCUT2D eigenvalue weighted by Crippen LogP contribution is -2.40. The van der Waals surface area contributed by atoms with Gasteiger partial charge >= 0.3 is 0 Å². The largest absolute Gasteiger partial charge is 0.351 e. The molecular formula is C12H20ClN3O3S. The summed E-state index contributed by atoms with van der Waals surface area (Å²) in [5.41, 5.74) is 6.32. The Morgan fingerprint density at radius 1 is 1.40 bits per heavy atom. The maximum absolute atomic E-state index is 11.6. The van der Waals surface area contributed by atoms with E-state index in [0.29, 0.717) is 12.0 Å². The Bertz CT molecular complexity index is 549. The molecule has 1 unspecified atom stereocenters. The van der Waals surface area contributed by atoms with Crippen molar-refractivity contribution in [3.05, 3.63) is 29.8 Å². The fourth-order valence-electron chi connectivity index (χ4n) is 1.59. The molecule has 5 N–H and O–H groups in total. The van der Waals surface area contributed by atoms with E-state index in [2.05, 4.69) is 5.32 Å². The van der Waals surface area contributed by atoms with Gasteiger partial charge in [0.1, 0.15) is 0 Å².